The molecular weight excluding hydrogens is 387 g/mol. The molecule has 0 bridgehead atoms. The lowest BCUT2D eigenvalue weighted by Crippen LogP contribution is -2.13. The van der Waals surface area contributed by atoms with Crippen molar-refractivity contribution in [1.29, 1.82) is 0 Å². The van der Waals surface area contributed by atoms with E-state index in [0.29, 0.717) is 11.3 Å². The fraction of sp³-hybridized carbons (Fsp3) is 0.0588. The number of nitrogens with two attached hydrogens (primary N) is 1. The molecule has 1 aromatic heterocycles. The Morgan fingerprint density at radius 3 is 2.50 bits per heavy atom. The predicted molar refractivity (Wildman–Crippen MR) is 96.4 cm³/mol. The molecule has 3 rings (SSSR count). The second-order valence-corrected chi connectivity index (χ2v) is 6.68. The van der Waals surface area contributed by atoms with E-state index in [0.717, 1.165) is 29.5 Å². The summed E-state index contributed by atoms with van der Waals surface area (Å²) < 4.78 is 38.6. The van der Waals surface area contributed by atoms with Crippen LogP contribution in [0.4, 0.5) is 24.0 Å². The summed E-state index contributed by atoms with van der Waals surface area (Å²) in [6, 6.07) is 11.6. The van der Waals surface area contributed by atoms with Crippen LogP contribution in [0.25, 0.3) is 11.3 Å². The van der Waals surface area contributed by atoms with Crippen molar-refractivity contribution >= 4 is 39.7 Å². The van der Waals surface area contributed by atoms with Crippen molar-refractivity contribution in [1.82, 2.24) is 4.98 Å². The van der Waals surface area contributed by atoms with E-state index in [2.05, 4.69) is 10.3 Å². The van der Waals surface area contributed by atoms with Crippen LogP contribution in [0.15, 0.2) is 48.5 Å². The molecule has 2 aromatic carbocycles. The van der Waals surface area contributed by atoms with E-state index in [9.17, 15) is 18.0 Å². The topological polar surface area (TPSA) is 68.0 Å². The summed E-state index contributed by atoms with van der Waals surface area (Å²) in [5.74, 6) is -0.640. The van der Waals surface area contributed by atoms with Gasteiger partial charge in [0.1, 0.15) is 4.88 Å². The molecule has 0 atom stereocenters. The number of aromatic nitrogens is 1. The van der Waals surface area contributed by atoms with Crippen molar-refractivity contribution in [2.75, 3.05) is 11.1 Å². The van der Waals surface area contributed by atoms with Crippen LogP contribution in [0.1, 0.15) is 15.2 Å². The van der Waals surface area contributed by atoms with Crippen molar-refractivity contribution in [2.24, 2.45) is 0 Å². The summed E-state index contributed by atoms with van der Waals surface area (Å²) in [5.41, 5.74) is 5.68. The number of carbonyl (C=O) groups excluding carboxylic acids is 1. The molecule has 0 spiro atoms. The third kappa shape index (κ3) is 3.81. The maximum atomic E-state index is 12.9. The molecule has 4 nitrogen and oxygen atoms in total. The Morgan fingerprint density at radius 1 is 1.15 bits per heavy atom. The van der Waals surface area contributed by atoms with E-state index in [1.807, 2.05) is 0 Å². The normalized spacial score (nSPS) is 11.4. The van der Waals surface area contributed by atoms with Gasteiger partial charge in [-0.3, -0.25) is 4.79 Å². The van der Waals surface area contributed by atoms with Gasteiger partial charge < -0.3 is 11.1 Å². The first-order valence-electron chi connectivity index (χ1n) is 7.25. The van der Waals surface area contributed by atoms with Gasteiger partial charge in [-0.2, -0.15) is 13.2 Å². The highest BCUT2D eigenvalue weighted by molar-refractivity contribution is 7.17. The molecule has 0 fully saturated rings. The van der Waals surface area contributed by atoms with Gasteiger partial charge in [-0.15, -0.1) is 0 Å². The molecule has 9 heteroatoms. The molecule has 0 aliphatic carbocycles. The Bertz CT molecular complexity index is 958. The molecule has 1 heterocycles. The molecule has 0 saturated carbocycles. The lowest BCUT2D eigenvalue weighted by Gasteiger charge is -2.11. The molecule has 0 unspecified atom stereocenters. The first kappa shape index (κ1) is 18.2. The number of nitrogen functional groups attached to an aromatic ring is 1. The van der Waals surface area contributed by atoms with Crippen LogP contribution >= 0.6 is 22.9 Å². The summed E-state index contributed by atoms with van der Waals surface area (Å²) in [6.45, 7) is 0. The minimum Gasteiger partial charge on any atom is -0.375 e. The van der Waals surface area contributed by atoms with Crippen molar-refractivity contribution in [3.05, 3.63) is 64.0 Å². The molecule has 0 saturated heterocycles. The average Bonchev–Trinajstić information content (AvgIpc) is 2.98. The van der Waals surface area contributed by atoms with E-state index in [-0.39, 0.29) is 20.7 Å². The fourth-order valence-electron chi connectivity index (χ4n) is 2.26. The highest BCUT2D eigenvalue weighted by Gasteiger charge is 2.31. The Balaban J connectivity index is 1.95. The molecule has 3 aromatic rings. The van der Waals surface area contributed by atoms with E-state index in [1.165, 1.54) is 0 Å². The van der Waals surface area contributed by atoms with Crippen molar-refractivity contribution < 1.29 is 18.0 Å². The number of nitrogens with one attached hydrogen (secondary N) is 1. The molecule has 3 N–H and O–H groups in total. The predicted octanol–water partition coefficient (Wildman–Crippen LogP) is 5.32. The summed E-state index contributed by atoms with van der Waals surface area (Å²) in [4.78, 5) is 16.9. The number of halogens is 4. The Hall–Kier alpha value is -2.58. The summed E-state index contributed by atoms with van der Waals surface area (Å²) in [6.07, 6.45) is -4.55. The molecule has 0 aliphatic heterocycles. The number of benzene rings is 2. The Morgan fingerprint density at radius 2 is 1.85 bits per heavy atom. The SMILES string of the molecule is Nc1nc(-c2ccccc2)c(C(=O)Nc2cc(C(F)(F)F)ccc2Cl)s1. The first-order valence-corrected chi connectivity index (χ1v) is 8.45. The second-order valence-electron chi connectivity index (χ2n) is 5.24. The number of alkyl halides is 3. The van der Waals surface area contributed by atoms with Crippen LogP contribution in [0, 0.1) is 0 Å². The molecule has 0 radical (unpaired) electrons. The smallest absolute Gasteiger partial charge is 0.375 e. The Labute approximate surface area is 155 Å². The van der Waals surface area contributed by atoms with E-state index in [1.54, 1.807) is 30.3 Å². The number of carbonyl (C=O) groups is 1. The Kier molecular flexibility index (Phi) is 4.88. The minimum atomic E-state index is -4.55. The lowest BCUT2D eigenvalue weighted by molar-refractivity contribution is -0.137. The van der Waals surface area contributed by atoms with E-state index >= 15 is 0 Å². The van der Waals surface area contributed by atoms with Gasteiger partial charge in [0.15, 0.2) is 5.13 Å². The number of anilines is 2. The van der Waals surface area contributed by atoms with E-state index < -0.39 is 17.6 Å². The van der Waals surface area contributed by atoms with Gasteiger partial charge in [0, 0.05) is 5.56 Å². The third-order valence-corrected chi connectivity index (χ3v) is 4.65. The van der Waals surface area contributed by atoms with Gasteiger partial charge in [-0.05, 0) is 18.2 Å². The molecular formula is C17H11ClF3N3OS. The van der Waals surface area contributed by atoms with Gasteiger partial charge in [0.2, 0.25) is 0 Å². The van der Waals surface area contributed by atoms with Gasteiger partial charge in [-0.25, -0.2) is 4.98 Å². The fourth-order valence-corrected chi connectivity index (χ4v) is 3.17. The quantitative estimate of drug-likeness (QED) is 0.628. The highest BCUT2D eigenvalue weighted by atomic mass is 35.5. The van der Waals surface area contributed by atoms with E-state index in [4.69, 9.17) is 17.3 Å². The van der Waals surface area contributed by atoms with Crippen LogP contribution in [0.2, 0.25) is 5.02 Å². The van der Waals surface area contributed by atoms with Crippen molar-refractivity contribution in [2.45, 2.75) is 6.18 Å². The number of nitrogens with zero attached hydrogens (tertiary/aromatic N) is 1. The molecule has 134 valence electrons. The summed E-state index contributed by atoms with van der Waals surface area (Å²) in [7, 11) is 0. The first-order chi connectivity index (χ1) is 12.3. The third-order valence-electron chi connectivity index (χ3n) is 3.44. The van der Waals surface area contributed by atoms with Gasteiger partial charge in [0.25, 0.3) is 5.91 Å². The highest BCUT2D eigenvalue weighted by Crippen LogP contribution is 2.35. The maximum Gasteiger partial charge on any atom is 0.416 e. The number of amides is 1. The molecule has 1 amide bonds. The van der Waals surface area contributed by atoms with Crippen molar-refractivity contribution in [3.8, 4) is 11.3 Å². The number of hydrogen-bond donors (Lipinski definition) is 2. The zero-order chi connectivity index (χ0) is 18.9. The van der Waals surface area contributed by atoms with Crippen LogP contribution in [0.3, 0.4) is 0 Å². The number of thiazole rings is 1. The van der Waals surface area contributed by atoms with Crippen LogP contribution in [-0.4, -0.2) is 10.9 Å². The second kappa shape index (κ2) is 6.97. The van der Waals surface area contributed by atoms with Gasteiger partial charge in [0.05, 0.1) is 22.0 Å². The zero-order valence-corrected chi connectivity index (χ0v) is 14.5. The van der Waals surface area contributed by atoms with Gasteiger partial charge in [-0.1, -0.05) is 53.3 Å². The molecule has 26 heavy (non-hydrogen) atoms. The zero-order valence-electron chi connectivity index (χ0n) is 13.0. The average molecular weight is 398 g/mol. The monoisotopic (exact) mass is 397 g/mol. The van der Waals surface area contributed by atoms with Crippen LogP contribution in [-0.2, 0) is 6.18 Å². The van der Waals surface area contributed by atoms with Gasteiger partial charge >= 0.3 is 6.18 Å². The van der Waals surface area contributed by atoms with Crippen LogP contribution in [0.5, 0.6) is 0 Å². The lowest BCUT2D eigenvalue weighted by atomic mass is 10.1. The molecule has 0 aliphatic rings. The summed E-state index contributed by atoms with van der Waals surface area (Å²) in [5, 5.41) is 2.57. The van der Waals surface area contributed by atoms with Crippen LogP contribution < -0.4 is 11.1 Å². The number of hydrogen-bond acceptors (Lipinski definition) is 4. The summed E-state index contributed by atoms with van der Waals surface area (Å²) >= 11 is 6.86. The largest absolute Gasteiger partial charge is 0.416 e. The number of rotatable bonds is 3. The standard InChI is InChI=1S/C17H11ClF3N3OS/c18-11-7-6-10(17(19,20)21)8-12(11)23-15(25)14-13(24-16(22)26-14)9-4-2-1-3-5-9/h1-8H,(H2,22,24)(H,23,25). The minimum absolute atomic E-state index is 0.00917. The maximum absolute atomic E-state index is 12.9. The van der Waals surface area contributed by atoms with Crippen molar-refractivity contribution in [3.63, 3.8) is 0 Å².